The van der Waals surface area contributed by atoms with Gasteiger partial charge in [-0.3, -0.25) is 0 Å². The first kappa shape index (κ1) is 10.7. The van der Waals surface area contributed by atoms with E-state index in [1.165, 1.54) is 0 Å². The van der Waals surface area contributed by atoms with Crippen LogP contribution in [0, 0.1) is 0 Å². The Morgan fingerprint density at radius 3 is 2.54 bits per heavy atom. The van der Waals surface area contributed by atoms with Crippen molar-refractivity contribution in [3.05, 3.63) is 33.8 Å². The molecule has 0 aliphatic rings. The molecule has 72 valence electrons. The number of rotatable bonds is 3. The van der Waals surface area contributed by atoms with Gasteiger partial charge >= 0.3 is 0 Å². The van der Waals surface area contributed by atoms with Crippen molar-refractivity contribution in [3.8, 4) is 0 Å². The zero-order chi connectivity index (χ0) is 9.84. The van der Waals surface area contributed by atoms with E-state index in [0.717, 1.165) is 15.6 Å². The molecule has 0 bridgehead atoms. The summed E-state index contributed by atoms with van der Waals surface area (Å²) in [5, 5.41) is 17.9. The van der Waals surface area contributed by atoms with Crippen LogP contribution in [-0.2, 0) is 6.61 Å². The van der Waals surface area contributed by atoms with Crippen LogP contribution in [0.5, 0.6) is 0 Å². The smallest absolute Gasteiger partial charge is 0.0682 e. The molecule has 3 heteroatoms. The number of benzene rings is 1. The molecule has 0 radical (unpaired) electrons. The van der Waals surface area contributed by atoms with E-state index in [-0.39, 0.29) is 19.1 Å². The second-order valence-electron chi connectivity index (χ2n) is 3.13. The Kier molecular flexibility index (Phi) is 3.90. The van der Waals surface area contributed by atoms with Crippen molar-refractivity contribution in [2.24, 2.45) is 0 Å². The predicted molar refractivity (Wildman–Crippen MR) is 55.6 cm³/mol. The maximum absolute atomic E-state index is 8.96. The van der Waals surface area contributed by atoms with Gasteiger partial charge in [0.05, 0.1) is 6.61 Å². The molecule has 0 aliphatic carbocycles. The van der Waals surface area contributed by atoms with Gasteiger partial charge in [0.2, 0.25) is 0 Å². The molecule has 0 aromatic heterocycles. The molecular weight excluding hydrogens is 232 g/mol. The zero-order valence-corrected chi connectivity index (χ0v) is 9.08. The predicted octanol–water partition coefficient (Wildman–Crippen LogP) is 2.04. The summed E-state index contributed by atoms with van der Waals surface area (Å²) in [7, 11) is 0. The molecule has 2 N–H and O–H groups in total. The van der Waals surface area contributed by atoms with E-state index in [9.17, 15) is 0 Å². The van der Waals surface area contributed by atoms with Crippen LogP contribution in [0.3, 0.4) is 0 Å². The molecule has 0 saturated heterocycles. The molecule has 1 aromatic carbocycles. The topological polar surface area (TPSA) is 40.5 Å². The van der Waals surface area contributed by atoms with Crippen molar-refractivity contribution in [1.82, 2.24) is 0 Å². The Hall–Kier alpha value is -0.380. The third-order valence-electron chi connectivity index (χ3n) is 2.01. The largest absolute Gasteiger partial charge is 0.396 e. The number of aliphatic hydroxyl groups excluding tert-OH is 2. The number of halogens is 1. The molecule has 1 unspecified atom stereocenters. The van der Waals surface area contributed by atoms with Crippen LogP contribution in [0.4, 0.5) is 0 Å². The summed E-state index contributed by atoms with van der Waals surface area (Å²) in [6.45, 7) is 2.11. The Labute approximate surface area is 86.3 Å². The van der Waals surface area contributed by atoms with Gasteiger partial charge in [-0.15, -0.1) is 0 Å². The lowest BCUT2D eigenvalue weighted by Crippen LogP contribution is -2.00. The van der Waals surface area contributed by atoms with Crippen LogP contribution in [-0.4, -0.2) is 16.8 Å². The van der Waals surface area contributed by atoms with Crippen LogP contribution >= 0.6 is 15.9 Å². The van der Waals surface area contributed by atoms with Gasteiger partial charge in [-0.05, 0) is 23.3 Å². The lowest BCUT2D eigenvalue weighted by Gasteiger charge is -2.10. The molecule has 13 heavy (non-hydrogen) atoms. The van der Waals surface area contributed by atoms with E-state index >= 15 is 0 Å². The highest BCUT2D eigenvalue weighted by Gasteiger charge is 2.05. The molecular formula is C10H13BrO2. The number of hydrogen-bond donors (Lipinski definition) is 2. The minimum absolute atomic E-state index is 0.0323. The minimum Gasteiger partial charge on any atom is -0.396 e. The molecule has 0 aliphatic heterocycles. The first-order valence-corrected chi connectivity index (χ1v) is 4.97. The molecule has 0 heterocycles. The van der Waals surface area contributed by atoms with E-state index in [0.29, 0.717) is 0 Å². The lowest BCUT2D eigenvalue weighted by molar-refractivity contribution is 0.271. The Balaban J connectivity index is 3.01. The van der Waals surface area contributed by atoms with Crippen molar-refractivity contribution in [1.29, 1.82) is 0 Å². The van der Waals surface area contributed by atoms with Gasteiger partial charge in [-0.1, -0.05) is 28.9 Å². The van der Waals surface area contributed by atoms with E-state index < -0.39 is 0 Å². The Bertz CT molecular complexity index is 286. The van der Waals surface area contributed by atoms with Crippen LogP contribution in [0.15, 0.2) is 22.7 Å². The Morgan fingerprint density at radius 2 is 2.00 bits per heavy atom. The van der Waals surface area contributed by atoms with Crippen molar-refractivity contribution in [3.63, 3.8) is 0 Å². The van der Waals surface area contributed by atoms with Crippen molar-refractivity contribution in [2.75, 3.05) is 6.61 Å². The summed E-state index contributed by atoms with van der Waals surface area (Å²) in [6, 6.07) is 5.74. The van der Waals surface area contributed by atoms with E-state index in [1.54, 1.807) is 0 Å². The molecule has 1 aromatic rings. The quantitative estimate of drug-likeness (QED) is 0.855. The number of hydrogen-bond acceptors (Lipinski definition) is 2. The number of aliphatic hydroxyl groups is 2. The van der Waals surface area contributed by atoms with Gasteiger partial charge in [0.1, 0.15) is 0 Å². The summed E-state index contributed by atoms with van der Waals surface area (Å²) in [5.74, 6) is 0.114. The van der Waals surface area contributed by atoms with Gasteiger partial charge in [-0.25, -0.2) is 0 Å². The van der Waals surface area contributed by atoms with Gasteiger partial charge in [0.15, 0.2) is 0 Å². The van der Waals surface area contributed by atoms with Crippen molar-refractivity contribution < 1.29 is 10.2 Å². The second-order valence-corrected chi connectivity index (χ2v) is 4.05. The standard InChI is InChI=1S/C10H13BrO2/c1-7(5-12)9-2-8(6-13)3-10(11)4-9/h2-4,7,12-13H,5-6H2,1H3. The van der Waals surface area contributed by atoms with Crippen LogP contribution in [0.25, 0.3) is 0 Å². The van der Waals surface area contributed by atoms with Crippen molar-refractivity contribution >= 4 is 15.9 Å². The van der Waals surface area contributed by atoms with Crippen molar-refractivity contribution in [2.45, 2.75) is 19.4 Å². The van der Waals surface area contributed by atoms with E-state index in [4.69, 9.17) is 10.2 Å². The van der Waals surface area contributed by atoms with Crippen LogP contribution in [0.2, 0.25) is 0 Å². The molecule has 0 spiro atoms. The van der Waals surface area contributed by atoms with E-state index in [1.807, 2.05) is 25.1 Å². The average molecular weight is 245 g/mol. The maximum atomic E-state index is 8.96. The van der Waals surface area contributed by atoms with Gasteiger partial charge in [-0.2, -0.15) is 0 Å². The molecule has 0 amide bonds. The lowest BCUT2D eigenvalue weighted by atomic mass is 10.0. The highest BCUT2D eigenvalue weighted by molar-refractivity contribution is 9.10. The summed E-state index contributed by atoms with van der Waals surface area (Å²) in [5.41, 5.74) is 1.91. The molecule has 0 fully saturated rings. The van der Waals surface area contributed by atoms with Gasteiger partial charge < -0.3 is 10.2 Å². The third kappa shape index (κ3) is 2.79. The zero-order valence-electron chi connectivity index (χ0n) is 7.50. The van der Waals surface area contributed by atoms with E-state index in [2.05, 4.69) is 15.9 Å². The SMILES string of the molecule is CC(CO)c1cc(Br)cc(CO)c1. The monoisotopic (exact) mass is 244 g/mol. The Morgan fingerprint density at radius 1 is 1.31 bits per heavy atom. The highest BCUT2D eigenvalue weighted by Crippen LogP contribution is 2.21. The van der Waals surface area contributed by atoms with Crippen LogP contribution in [0.1, 0.15) is 24.0 Å². The van der Waals surface area contributed by atoms with Gasteiger partial charge in [0, 0.05) is 17.0 Å². The molecule has 1 rings (SSSR count). The first-order chi connectivity index (χ1) is 6.17. The fourth-order valence-electron chi connectivity index (χ4n) is 1.16. The average Bonchev–Trinajstić information content (AvgIpc) is 2.15. The van der Waals surface area contributed by atoms with Gasteiger partial charge in [0.25, 0.3) is 0 Å². The third-order valence-corrected chi connectivity index (χ3v) is 2.46. The normalized spacial score (nSPS) is 12.9. The molecule has 0 saturated carbocycles. The second kappa shape index (κ2) is 4.74. The highest BCUT2D eigenvalue weighted by atomic mass is 79.9. The summed E-state index contributed by atoms with van der Waals surface area (Å²) >= 11 is 3.36. The molecule has 1 atom stereocenters. The van der Waals surface area contributed by atoms with Crippen LogP contribution < -0.4 is 0 Å². The molecule has 2 nitrogen and oxygen atoms in total. The first-order valence-electron chi connectivity index (χ1n) is 4.18. The minimum atomic E-state index is 0.0323. The summed E-state index contributed by atoms with van der Waals surface area (Å²) < 4.78 is 0.939. The summed E-state index contributed by atoms with van der Waals surface area (Å²) in [4.78, 5) is 0. The maximum Gasteiger partial charge on any atom is 0.0682 e. The summed E-state index contributed by atoms with van der Waals surface area (Å²) in [6.07, 6.45) is 0. The fourth-order valence-corrected chi connectivity index (χ4v) is 1.71. The fraction of sp³-hybridized carbons (Fsp3) is 0.400.